The second-order valence-corrected chi connectivity index (χ2v) is 3.46. The molecule has 0 saturated carbocycles. The highest BCUT2D eigenvalue weighted by Crippen LogP contribution is 2.08. The van der Waals surface area contributed by atoms with Gasteiger partial charge in [0.15, 0.2) is 0 Å². The molecule has 0 bridgehead atoms. The number of rotatable bonds is 2. The molecule has 2 amide bonds. The summed E-state index contributed by atoms with van der Waals surface area (Å²) < 4.78 is 10.9. The van der Waals surface area contributed by atoms with Gasteiger partial charge in [-0.15, -0.1) is 0 Å². The van der Waals surface area contributed by atoms with Crippen LogP contribution in [0.3, 0.4) is 0 Å². The molecule has 6 heteroatoms. The van der Waals surface area contributed by atoms with E-state index in [2.05, 4.69) is 5.73 Å². The minimum Gasteiger partial charge on any atom is -0.743 e. The Morgan fingerprint density at radius 2 is 1.92 bits per heavy atom. The van der Waals surface area contributed by atoms with Crippen molar-refractivity contribution in [2.24, 2.45) is 5.73 Å². The number of hydrogen-bond donors (Lipinski definition) is 1. The van der Waals surface area contributed by atoms with Crippen molar-refractivity contribution in [1.29, 1.82) is 0 Å². The van der Waals surface area contributed by atoms with Gasteiger partial charge in [-0.25, -0.2) is 9.00 Å². The molecule has 0 saturated heterocycles. The highest BCUT2D eigenvalue weighted by atomic mass is 32.2. The second kappa shape index (κ2) is 4.01. The SMILES string of the molecule is NC(=O)N([O-])S(=O)c1ccccc1. The summed E-state index contributed by atoms with van der Waals surface area (Å²) in [6.07, 6.45) is 0. The van der Waals surface area contributed by atoms with Crippen LogP contribution in [-0.2, 0) is 11.0 Å². The van der Waals surface area contributed by atoms with Gasteiger partial charge in [-0.1, -0.05) is 18.2 Å². The number of nitrogens with two attached hydrogens (primary N) is 1. The van der Waals surface area contributed by atoms with Crippen LogP contribution in [0.25, 0.3) is 0 Å². The van der Waals surface area contributed by atoms with E-state index in [1.54, 1.807) is 18.2 Å². The van der Waals surface area contributed by atoms with Crippen molar-refractivity contribution in [3.05, 3.63) is 35.5 Å². The number of carbonyl (C=O) groups excluding carboxylic acids is 1. The van der Waals surface area contributed by atoms with E-state index in [0.29, 0.717) is 0 Å². The molecule has 0 spiro atoms. The van der Waals surface area contributed by atoms with Crippen LogP contribution >= 0.6 is 0 Å². The third-order valence-electron chi connectivity index (χ3n) is 1.28. The maximum absolute atomic E-state index is 11.2. The minimum atomic E-state index is -2.06. The van der Waals surface area contributed by atoms with E-state index in [1.807, 2.05) is 0 Å². The van der Waals surface area contributed by atoms with Crippen LogP contribution in [0.5, 0.6) is 0 Å². The molecule has 0 aliphatic carbocycles. The third kappa shape index (κ3) is 2.27. The predicted molar refractivity (Wildman–Crippen MR) is 47.6 cm³/mol. The van der Waals surface area contributed by atoms with E-state index in [4.69, 9.17) is 0 Å². The zero-order chi connectivity index (χ0) is 9.84. The first-order valence-electron chi connectivity index (χ1n) is 3.36. The van der Waals surface area contributed by atoms with Gasteiger partial charge in [0, 0.05) is 0 Å². The summed E-state index contributed by atoms with van der Waals surface area (Å²) in [6, 6.07) is 6.63. The van der Waals surface area contributed by atoms with Gasteiger partial charge in [0.1, 0.15) is 11.0 Å². The Morgan fingerprint density at radius 3 is 2.38 bits per heavy atom. The molecule has 5 nitrogen and oxygen atoms in total. The molecule has 2 N–H and O–H groups in total. The van der Waals surface area contributed by atoms with Gasteiger partial charge < -0.3 is 15.4 Å². The quantitative estimate of drug-likeness (QED) is 0.707. The first-order chi connectivity index (χ1) is 6.13. The van der Waals surface area contributed by atoms with Crippen LogP contribution in [0.15, 0.2) is 35.2 Å². The lowest BCUT2D eigenvalue weighted by Crippen LogP contribution is -2.32. The van der Waals surface area contributed by atoms with Crippen LogP contribution < -0.4 is 5.73 Å². The van der Waals surface area contributed by atoms with E-state index in [-0.39, 0.29) is 9.36 Å². The molecule has 0 aliphatic rings. The van der Waals surface area contributed by atoms with Crippen LogP contribution in [0.4, 0.5) is 4.79 Å². The zero-order valence-corrected chi connectivity index (χ0v) is 7.36. The first kappa shape index (κ1) is 9.69. The topological polar surface area (TPSA) is 86.5 Å². The van der Waals surface area contributed by atoms with Crippen molar-refractivity contribution in [3.8, 4) is 0 Å². The lowest BCUT2D eigenvalue weighted by Gasteiger charge is -2.23. The fourth-order valence-corrected chi connectivity index (χ4v) is 1.46. The summed E-state index contributed by atoms with van der Waals surface area (Å²) >= 11 is 0. The largest absolute Gasteiger partial charge is 0.743 e. The summed E-state index contributed by atoms with van der Waals surface area (Å²) in [5.74, 6) is 0. The summed E-state index contributed by atoms with van der Waals surface area (Å²) in [5, 5.41) is 10.8. The number of nitrogens with zero attached hydrogens (tertiary/aromatic N) is 1. The fraction of sp³-hybridized carbons (Fsp3) is 0. The Labute approximate surface area is 77.3 Å². The van der Waals surface area contributed by atoms with Gasteiger partial charge in [-0.3, -0.25) is 0 Å². The first-order valence-corrected chi connectivity index (χ1v) is 4.47. The van der Waals surface area contributed by atoms with Crippen LogP contribution in [0.2, 0.25) is 0 Å². The van der Waals surface area contributed by atoms with E-state index in [9.17, 15) is 14.2 Å². The molecule has 1 unspecified atom stereocenters. The average molecular weight is 199 g/mol. The van der Waals surface area contributed by atoms with Crippen molar-refractivity contribution in [2.75, 3.05) is 0 Å². The summed E-state index contributed by atoms with van der Waals surface area (Å²) in [4.78, 5) is 10.6. The Morgan fingerprint density at radius 1 is 1.38 bits per heavy atom. The van der Waals surface area contributed by atoms with Gasteiger partial charge >= 0.3 is 6.03 Å². The smallest absolute Gasteiger partial charge is 0.316 e. The van der Waals surface area contributed by atoms with Crippen LogP contribution in [0.1, 0.15) is 0 Å². The summed E-state index contributed by atoms with van der Waals surface area (Å²) in [6.45, 7) is 0. The summed E-state index contributed by atoms with van der Waals surface area (Å²) in [5.41, 5.74) is 4.66. The van der Waals surface area contributed by atoms with Crippen molar-refractivity contribution in [1.82, 2.24) is 4.47 Å². The Balaban J connectivity index is 2.86. The number of benzene rings is 1. The molecule has 1 aromatic rings. The lowest BCUT2D eigenvalue weighted by molar-refractivity contribution is 0.241. The molecular weight excluding hydrogens is 192 g/mol. The number of urea groups is 1. The van der Waals surface area contributed by atoms with E-state index < -0.39 is 17.0 Å². The van der Waals surface area contributed by atoms with E-state index in [0.717, 1.165) is 0 Å². The van der Waals surface area contributed by atoms with Gasteiger partial charge in [0.25, 0.3) is 0 Å². The number of hydrogen-bond acceptors (Lipinski definition) is 3. The molecule has 13 heavy (non-hydrogen) atoms. The predicted octanol–water partition coefficient (Wildman–Crippen LogP) is 0.588. The number of hydroxylamine groups is 1. The molecule has 0 aromatic heterocycles. The minimum absolute atomic E-state index is 0.247. The number of amides is 2. The Hall–Kier alpha value is -1.40. The average Bonchev–Trinajstić information content (AvgIpc) is 2.17. The maximum atomic E-state index is 11.2. The number of carbonyl (C=O) groups is 1. The van der Waals surface area contributed by atoms with E-state index in [1.165, 1.54) is 12.1 Å². The highest BCUT2D eigenvalue weighted by molar-refractivity contribution is 7.83. The monoisotopic (exact) mass is 199 g/mol. The zero-order valence-electron chi connectivity index (χ0n) is 6.54. The van der Waals surface area contributed by atoms with Crippen LogP contribution in [-0.4, -0.2) is 14.7 Å². The molecular formula is C7H7N2O3S-. The second-order valence-electron chi connectivity index (χ2n) is 2.16. The van der Waals surface area contributed by atoms with Crippen LogP contribution in [0, 0.1) is 5.21 Å². The standard InChI is InChI=1S/C7H7N2O3S/c8-7(10)9(11)13(12)6-4-2-1-3-5-6/h1-5H,(H2,8,10)/q-1. The van der Waals surface area contributed by atoms with Crippen molar-refractivity contribution >= 4 is 17.0 Å². The molecule has 0 aliphatic heterocycles. The Bertz CT molecular complexity index is 328. The highest BCUT2D eigenvalue weighted by Gasteiger charge is 2.08. The van der Waals surface area contributed by atoms with Crippen molar-refractivity contribution in [3.63, 3.8) is 0 Å². The van der Waals surface area contributed by atoms with Gasteiger partial charge in [0.05, 0.1) is 4.90 Å². The molecule has 70 valence electrons. The lowest BCUT2D eigenvalue weighted by atomic mass is 10.4. The molecule has 0 heterocycles. The number of primary amides is 1. The van der Waals surface area contributed by atoms with Gasteiger partial charge in [0.2, 0.25) is 0 Å². The molecule has 1 rings (SSSR count). The maximum Gasteiger partial charge on any atom is 0.316 e. The summed E-state index contributed by atoms with van der Waals surface area (Å²) in [7, 11) is -2.06. The molecule has 0 fully saturated rings. The fourth-order valence-electron chi connectivity index (χ4n) is 0.714. The van der Waals surface area contributed by atoms with Gasteiger partial charge in [-0.05, 0) is 12.1 Å². The third-order valence-corrected chi connectivity index (χ3v) is 2.43. The van der Waals surface area contributed by atoms with Crippen molar-refractivity contribution in [2.45, 2.75) is 4.90 Å². The molecule has 0 radical (unpaired) electrons. The normalized spacial score (nSPS) is 12.1. The Kier molecular flexibility index (Phi) is 2.99. The van der Waals surface area contributed by atoms with Gasteiger partial charge in [-0.2, -0.15) is 0 Å². The van der Waals surface area contributed by atoms with E-state index >= 15 is 0 Å². The van der Waals surface area contributed by atoms with Crippen molar-refractivity contribution < 1.29 is 9.00 Å². The molecule has 1 aromatic carbocycles. The molecule has 1 atom stereocenters.